The minimum absolute atomic E-state index is 0.101. The third-order valence-corrected chi connectivity index (χ3v) is 11.6. The van der Waals surface area contributed by atoms with Crippen molar-refractivity contribution < 1.29 is 4.74 Å². The van der Waals surface area contributed by atoms with Crippen LogP contribution in [0.5, 0.6) is 0 Å². The van der Waals surface area contributed by atoms with E-state index in [0.717, 1.165) is 30.1 Å². The Morgan fingerprint density at radius 1 is 1.05 bits per heavy atom. The number of hydrogen-bond donors (Lipinski definition) is 0. The van der Waals surface area contributed by atoms with E-state index in [4.69, 9.17) is 11.3 Å². The molecule has 0 amide bonds. The quantitative estimate of drug-likeness (QED) is 0.274. The van der Waals surface area contributed by atoms with Crippen molar-refractivity contribution in [1.29, 1.82) is 5.26 Å². The number of allylic oxidation sites excluding steroid dienone is 6. The second kappa shape index (κ2) is 9.64. The van der Waals surface area contributed by atoms with Crippen LogP contribution in [0.25, 0.3) is 10.9 Å². The van der Waals surface area contributed by atoms with Crippen molar-refractivity contribution >= 4 is 11.8 Å². The van der Waals surface area contributed by atoms with Gasteiger partial charge in [0.25, 0.3) is 5.70 Å². The number of ether oxygens (including phenoxy) is 1. The number of benzene rings is 1. The van der Waals surface area contributed by atoms with Crippen molar-refractivity contribution in [3.05, 3.63) is 81.3 Å². The van der Waals surface area contributed by atoms with Crippen LogP contribution in [-0.4, -0.2) is 13.1 Å². The van der Waals surface area contributed by atoms with Crippen LogP contribution in [0, 0.1) is 46.5 Å². The number of nitriles is 1. The topological polar surface area (TPSA) is 40.6 Å². The van der Waals surface area contributed by atoms with Gasteiger partial charge < -0.3 is 9.64 Å². The minimum Gasteiger partial charge on any atom is -0.461 e. The monoisotopic (exact) mass is 559 g/mol. The van der Waals surface area contributed by atoms with Crippen molar-refractivity contribution in [3.63, 3.8) is 0 Å². The van der Waals surface area contributed by atoms with E-state index < -0.39 is 0 Å². The molecule has 3 aliphatic heterocycles. The molecule has 0 saturated heterocycles. The summed E-state index contributed by atoms with van der Waals surface area (Å²) in [6.07, 6.45) is 19.2. The highest BCUT2D eigenvalue weighted by molar-refractivity contribution is 5.71. The van der Waals surface area contributed by atoms with E-state index in [-0.39, 0.29) is 16.5 Å². The van der Waals surface area contributed by atoms with Crippen LogP contribution >= 0.6 is 0 Å². The summed E-state index contributed by atoms with van der Waals surface area (Å²) in [4.78, 5) is 6.19. The van der Waals surface area contributed by atoms with Gasteiger partial charge in [-0.2, -0.15) is 0 Å². The molecule has 1 aromatic carbocycles. The molecule has 1 atom stereocenters. The molecule has 4 saturated carbocycles. The van der Waals surface area contributed by atoms with Gasteiger partial charge in [0.1, 0.15) is 11.5 Å². The fraction of sp³-hybridized carbons (Fsp3) is 0.579. The molecule has 0 spiro atoms. The van der Waals surface area contributed by atoms with E-state index in [1.807, 2.05) is 18.2 Å². The van der Waals surface area contributed by atoms with Gasteiger partial charge in [-0.15, -0.1) is 0 Å². The third-order valence-electron chi connectivity index (χ3n) is 11.6. The summed E-state index contributed by atoms with van der Waals surface area (Å²) < 4.78 is 6.35. The average molecular weight is 560 g/mol. The van der Waals surface area contributed by atoms with Crippen LogP contribution in [0.3, 0.4) is 0 Å². The zero-order valence-corrected chi connectivity index (χ0v) is 26.1. The first-order chi connectivity index (χ1) is 20.0. The summed E-state index contributed by atoms with van der Waals surface area (Å²) in [5, 5.41) is 9.58. The summed E-state index contributed by atoms with van der Waals surface area (Å²) in [6.45, 7) is 21.0. The van der Waals surface area contributed by atoms with Crippen LogP contribution in [0.2, 0.25) is 0 Å². The Hall–Kier alpha value is -3.24. The van der Waals surface area contributed by atoms with Crippen LogP contribution in [-0.2, 0) is 10.2 Å². The number of anilines is 1. The zero-order valence-electron chi connectivity index (χ0n) is 26.1. The lowest BCUT2D eigenvalue weighted by Crippen LogP contribution is -2.51. The van der Waals surface area contributed by atoms with E-state index in [1.54, 1.807) is 11.3 Å². The van der Waals surface area contributed by atoms with E-state index in [1.165, 1.54) is 69.0 Å². The molecular formula is C38H45N3O. The van der Waals surface area contributed by atoms with Crippen molar-refractivity contribution in [2.24, 2.45) is 28.6 Å². The SMILES string of the molecule is [C-]#[N+]/C(C#N)=C1C=C(/C=C/c2cc3c4c(c2)C(C)(C)CCN4CCC3C23CC4CC(CC(C4)C2)C3)OC(C(C)(C)C)=C\1. The molecule has 218 valence electrons. The molecule has 3 heterocycles. The molecular weight excluding hydrogens is 514 g/mol. The van der Waals surface area contributed by atoms with E-state index in [9.17, 15) is 5.26 Å². The summed E-state index contributed by atoms with van der Waals surface area (Å²) in [6, 6.07) is 7.02. The number of nitrogens with zero attached hydrogens (tertiary/aromatic N) is 3. The van der Waals surface area contributed by atoms with Gasteiger partial charge in [-0.1, -0.05) is 40.7 Å². The van der Waals surface area contributed by atoms with Gasteiger partial charge in [0.05, 0.1) is 12.6 Å². The molecule has 1 aromatic rings. The maximum atomic E-state index is 9.58. The third kappa shape index (κ3) is 4.54. The fourth-order valence-corrected chi connectivity index (χ4v) is 9.92. The predicted molar refractivity (Wildman–Crippen MR) is 169 cm³/mol. The van der Waals surface area contributed by atoms with Gasteiger partial charge in [0.15, 0.2) is 0 Å². The van der Waals surface area contributed by atoms with Crippen molar-refractivity contribution in [2.45, 2.75) is 97.3 Å². The summed E-state index contributed by atoms with van der Waals surface area (Å²) >= 11 is 0. The number of rotatable bonds is 3. The highest BCUT2D eigenvalue weighted by Gasteiger charge is 2.55. The predicted octanol–water partition coefficient (Wildman–Crippen LogP) is 9.43. The van der Waals surface area contributed by atoms with Crippen LogP contribution in [0.1, 0.15) is 109 Å². The molecule has 8 rings (SSSR count). The van der Waals surface area contributed by atoms with Gasteiger partial charge in [-0.25, -0.2) is 10.1 Å². The Kier molecular flexibility index (Phi) is 6.33. The molecule has 1 unspecified atom stereocenters. The van der Waals surface area contributed by atoms with E-state index in [0.29, 0.717) is 22.7 Å². The molecule has 42 heavy (non-hydrogen) atoms. The van der Waals surface area contributed by atoms with Crippen LogP contribution < -0.4 is 4.90 Å². The Labute approximate surface area is 252 Å². The molecule has 4 nitrogen and oxygen atoms in total. The lowest BCUT2D eigenvalue weighted by Gasteiger charge is -2.61. The molecule has 4 fully saturated rings. The van der Waals surface area contributed by atoms with Crippen molar-refractivity contribution in [3.8, 4) is 6.07 Å². The zero-order chi connectivity index (χ0) is 29.4. The normalized spacial score (nSPS) is 33.7. The van der Waals surface area contributed by atoms with Crippen LogP contribution in [0.15, 0.2) is 53.1 Å². The summed E-state index contributed by atoms with van der Waals surface area (Å²) in [5.74, 6) is 4.99. The Morgan fingerprint density at radius 3 is 2.36 bits per heavy atom. The first kappa shape index (κ1) is 27.6. The molecule has 4 bridgehead atoms. The second-order valence-corrected chi connectivity index (χ2v) is 16.0. The second-order valence-electron chi connectivity index (χ2n) is 16.0. The van der Waals surface area contributed by atoms with Gasteiger partial charge in [0, 0.05) is 24.2 Å². The molecule has 7 aliphatic rings. The highest BCUT2D eigenvalue weighted by atomic mass is 16.5. The van der Waals surface area contributed by atoms with E-state index in [2.05, 4.69) is 68.6 Å². The maximum absolute atomic E-state index is 9.58. The van der Waals surface area contributed by atoms with E-state index >= 15 is 0 Å². The maximum Gasteiger partial charge on any atom is 0.269 e. The standard InChI is InChI=1S/C38H45N3O/c1-36(2,3)34-19-28(33(23-39)40-6)18-29(42-34)8-7-24-16-30-31(38-20-25-13-26(21-38)15-27(14-25)22-38)9-11-41-12-10-37(4,5)32(17-24)35(30)41/h7-8,16-19,25-27,31H,9-15,20-22H2,1-5H3/b8-7+,33-28+. The van der Waals surface area contributed by atoms with Crippen molar-refractivity contribution in [1.82, 2.24) is 0 Å². The average Bonchev–Trinajstić information content (AvgIpc) is 2.93. The number of hydrogen-bond acceptors (Lipinski definition) is 3. The first-order valence-corrected chi connectivity index (χ1v) is 16.2. The van der Waals surface area contributed by atoms with Gasteiger partial charge >= 0.3 is 0 Å². The molecule has 0 aromatic heterocycles. The smallest absolute Gasteiger partial charge is 0.269 e. The summed E-state index contributed by atoms with van der Waals surface area (Å²) in [7, 11) is 0. The lowest BCUT2D eigenvalue weighted by molar-refractivity contribution is -0.0704. The lowest BCUT2D eigenvalue weighted by atomic mass is 9.45. The molecule has 0 N–H and O–H groups in total. The minimum atomic E-state index is -0.240. The first-order valence-electron chi connectivity index (χ1n) is 16.2. The summed E-state index contributed by atoms with van der Waals surface area (Å²) in [5.41, 5.74) is 7.04. The largest absolute Gasteiger partial charge is 0.461 e. The van der Waals surface area contributed by atoms with Gasteiger partial charge in [-0.05, 0) is 138 Å². The fourth-order valence-electron chi connectivity index (χ4n) is 9.92. The molecule has 4 heteroatoms. The van der Waals surface area contributed by atoms with Gasteiger partial charge in [-0.3, -0.25) is 0 Å². The molecule has 0 radical (unpaired) electrons. The Balaban J connectivity index is 1.30. The highest BCUT2D eigenvalue weighted by Crippen LogP contribution is 2.67. The Morgan fingerprint density at radius 2 is 1.74 bits per heavy atom. The van der Waals surface area contributed by atoms with Crippen molar-refractivity contribution in [2.75, 3.05) is 18.0 Å². The Bertz CT molecular complexity index is 1480. The van der Waals surface area contributed by atoms with Gasteiger partial charge in [0.2, 0.25) is 0 Å². The molecule has 4 aliphatic carbocycles. The van der Waals surface area contributed by atoms with Crippen LogP contribution in [0.4, 0.5) is 5.69 Å².